The first-order chi connectivity index (χ1) is 6.24. The number of hydrogen-bond acceptors (Lipinski definition) is 4. The molecule has 4 nitrogen and oxygen atoms in total. The summed E-state index contributed by atoms with van der Waals surface area (Å²) in [6.07, 6.45) is 1.74. The van der Waals surface area contributed by atoms with Crippen molar-refractivity contribution in [2.45, 2.75) is 6.92 Å². The predicted octanol–water partition coefficient (Wildman–Crippen LogP) is 0.945. The molecule has 0 atom stereocenters. The highest BCUT2D eigenvalue weighted by atomic mass is 16.5. The summed E-state index contributed by atoms with van der Waals surface area (Å²) in [5.74, 6) is 1.77. The van der Waals surface area contributed by atoms with Gasteiger partial charge in [0.25, 0.3) is 0 Å². The molecular formula is C9H12N3O. The SMILES string of the molecule is COc1ccnc2c1[C](C)NN2C. The van der Waals surface area contributed by atoms with Crippen LogP contribution in [0.25, 0.3) is 0 Å². The van der Waals surface area contributed by atoms with Crippen LogP contribution in [0.15, 0.2) is 12.3 Å². The molecule has 1 aliphatic heterocycles. The molecule has 2 rings (SSSR count). The molecule has 1 aromatic rings. The van der Waals surface area contributed by atoms with E-state index in [0.717, 1.165) is 23.2 Å². The molecule has 0 bridgehead atoms. The summed E-state index contributed by atoms with van der Waals surface area (Å²) in [6.45, 7) is 2.01. The molecule has 1 aromatic heterocycles. The zero-order valence-corrected chi connectivity index (χ0v) is 7.96. The second kappa shape index (κ2) is 2.88. The zero-order chi connectivity index (χ0) is 9.42. The van der Waals surface area contributed by atoms with Gasteiger partial charge in [-0.15, -0.1) is 0 Å². The van der Waals surface area contributed by atoms with Gasteiger partial charge in [-0.05, 0) is 13.0 Å². The third-order valence-corrected chi connectivity index (χ3v) is 2.14. The zero-order valence-electron chi connectivity index (χ0n) is 7.96. The molecule has 0 aromatic carbocycles. The average Bonchev–Trinajstić information content (AvgIpc) is 2.43. The molecule has 4 heteroatoms. The van der Waals surface area contributed by atoms with Crippen LogP contribution >= 0.6 is 0 Å². The van der Waals surface area contributed by atoms with E-state index in [1.165, 1.54) is 0 Å². The van der Waals surface area contributed by atoms with E-state index in [0.29, 0.717) is 0 Å². The summed E-state index contributed by atoms with van der Waals surface area (Å²) in [7, 11) is 3.60. The molecule has 1 radical (unpaired) electrons. The monoisotopic (exact) mass is 178 g/mol. The van der Waals surface area contributed by atoms with Gasteiger partial charge in [-0.25, -0.2) is 10.4 Å². The first-order valence-electron chi connectivity index (χ1n) is 4.11. The minimum atomic E-state index is 0.861. The Morgan fingerprint density at radius 3 is 3.00 bits per heavy atom. The Kier molecular flexibility index (Phi) is 1.84. The number of fused-ring (bicyclic) bond motifs is 1. The van der Waals surface area contributed by atoms with E-state index in [9.17, 15) is 0 Å². The second-order valence-electron chi connectivity index (χ2n) is 3.01. The fraction of sp³-hybridized carbons (Fsp3) is 0.333. The van der Waals surface area contributed by atoms with Crippen molar-refractivity contribution < 1.29 is 4.74 Å². The van der Waals surface area contributed by atoms with Crippen LogP contribution in [0.5, 0.6) is 5.75 Å². The maximum absolute atomic E-state index is 5.25. The molecule has 0 amide bonds. The number of anilines is 1. The molecule has 0 aliphatic carbocycles. The standard InChI is InChI=1S/C9H12N3O/c1-6-8-7(13-3)4-5-10-9(8)12(2)11-6/h4-5,11H,1-3H3. The fourth-order valence-electron chi connectivity index (χ4n) is 1.57. The second-order valence-corrected chi connectivity index (χ2v) is 3.01. The normalized spacial score (nSPS) is 16.1. The van der Waals surface area contributed by atoms with Crippen LogP contribution in [0.2, 0.25) is 0 Å². The Hall–Kier alpha value is -1.29. The van der Waals surface area contributed by atoms with Crippen molar-refractivity contribution in [3.8, 4) is 5.75 Å². The largest absolute Gasteiger partial charge is 0.496 e. The molecule has 0 spiro atoms. The Balaban J connectivity index is 2.55. The number of aromatic nitrogens is 1. The summed E-state index contributed by atoms with van der Waals surface area (Å²) in [5, 5.41) is 1.88. The van der Waals surface area contributed by atoms with Crippen molar-refractivity contribution >= 4 is 5.82 Å². The lowest BCUT2D eigenvalue weighted by atomic mass is 10.1. The van der Waals surface area contributed by atoms with Gasteiger partial charge >= 0.3 is 0 Å². The Labute approximate surface area is 77.5 Å². The van der Waals surface area contributed by atoms with Crippen LogP contribution in [0.3, 0.4) is 0 Å². The van der Waals surface area contributed by atoms with Crippen LogP contribution < -0.4 is 15.2 Å². The Morgan fingerprint density at radius 2 is 2.31 bits per heavy atom. The van der Waals surface area contributed by atoms with Crippen molar-refractivity contribution in [1.82, 2.24) is 10.4 Å². The van der Waals surface area contributed by atoms with Gasteiger partial charge in [0.05, 0.1) is 18.7 Å². The van der Waals surface area contributed by atoms with Gasteiger partial charge in [0.1, 0.15) is 5.75 Å². The summed E-state index contributed by atoms with van der Waals surface area (Å²) in [4.78, 5) is 4.26. The number of nitrogens with zero attached hydrogens (tertiary/aromatic N) is 2. The maximum Gasteiger partial charge on any atom is 0.151 e. The summed E-state index contributed by atoms with van der Waals surface area (Å²) in [5.41, 5.74) is 4.21. The van der Waals surface area contributed by atoms with Gasteiger partial charge < -0.3 is 4.74 Å². The minimum absolute atomic E-state index is 0.861. The molecule has 1 N–H and O–H groups in total. The summed E-state index contributed by atoms with van der Waals surface area (Å²) < 4.78 is 5.25. The number of hydrazine groups is 1. The van der Waals surface area contributed by atoms with Gasteiger partial charge in [-0.1, -0.05) is 0 Å². The number of rotatable bonds is 1. The van der Waals surface area contributed by atoms with Crippen LogP contribution in [0.1, 0.15) is 12.5 Å². The van der Waals surface area contributed by atoms with Gasteiger partial charge in [0, 0.05) is 13.2 Å². The lowest BCUT2D eigenvalue weighted by molar-refractivity contribution is 0.411. The molecule has 0 saturated carbocycles. The average molecular weight is 178 g/mol. The molecule has 2 heterocycles. The highest BCUT2D eigenvalue weighted by molar-refractivity contribution is 5.63. The van der Waals surface area contributed by atoms with E-state index < -0.39 is 0 Å². The summed E-state index contributed by atoms with van der Waals surface area (Å²) >= 11 is 0. The molecule has 1 aliphatic rings. The van der Waals surface area contributed by atoms with E-state index >= 15 is 0 Å². The van der Waals surface area contributed by atoms with Gasteiger partial charge in [-0.3, -0.25) is 5.01 Å². The van der Waals surface area contributed by atoms with Crippen molar-refractivity contribution in [3.63, 3.8) is 0 Å². The first-order valence-corrected chi connectivity index (χ1v) is 4.11. The van der Waals surface area contributed by atoms with Crippen LogP contribution in [0.4, 0.5) is 5.82 Å². The van der Waals surface area contributed by atoms with E-state index in [2.05, 4.69) is 10.4 Å². The number of ether oxygens (including phenoxy) is 1. The Morgan fingerprint density at radius 1 is 1.54 bits per heavy atom. The first kappa shape index (κ1) is 8.31. The smallest absolute Gasteiger partial charge is 0.151 e. The Bertz CT molecular complexity index is 327. The number of hydrogen-bond donors (Lipinski definition) is 1. The van der Waals surface area contributed by atoms with Gasteiger partial charge in [-0.2, -0.15) is 0 Å². The fourth-order valence-corrected chi connectivity index (χ4v) is 1.57. The van der Waals surface area contributed by atoms with Crippen LogP contribution in [0, 0.1) is 6.04 Å². The number of nitrogens with one attached hydrogen (secondary N) is 1. The highest BCUT2D eigenvalue weighted by Crippen LogP contribution is 2.35. The molecule has 69 valence electrons. The number of methoxy groups -OCH3 is 1. The molecule has 13 heavy (non-hydrogen) atoms. The van der Waals surface area contributed by atoms with Crippen LogP contribution in [-0.4, -0.2) is 19.1 Å². The van der Waals surface area contributed by atoms with E-state index in [1.807, 2.05) is 25.0 Å². The van der Waals surface area contributed by atoms with Crippen molar-refractivity contribution in [3.05, 3.63) is 23.9 Å². The van der Waals surface area contributed by atoms with Crippen LogP contribution in [-0.2, 0) is 0 Å². The lowest BCUT2D eigenvalue weighted by Gasteiger charge is -2.10. The minimum Gasteiger partial charge on any atom is -0.496 e. The van der Waals surface area contributed by atoms with Gasteiger partial charge in [0.2, 0.25) is 0 Å². The topological polar surface area (TPSA) is 37.4 Å². The quantitative estimate of drug-likeness (QED) is 0.694. The predicted molar refractivity (Wildman–Crippen MR) is 50.3 cm³/mol. The summed E-state index contributed by atoms with van der Waals surface area (Å²) in [6, 6.07) is 2.94. The van der Waals surface area contributed by atoms with E-state index in [4.69, 9.17) is 4.74 Å². The maximum atomic E-state index is 5.25. The molecular weight excluding hydrogens is 166 g/mol. The van der Waals surface area contributed by atoms with E-state index in [1.54, 1.807) is 13.3 Å². The number of pyridine rings is 1. The van der Waals surface area contributed by atoms with Crippen molar-refractivity contribution in [2.75, 3.05) is 19.2 Å². The third kappa shape index (κ3) is 1.14. The van der Waals surface area contributed by atoms with Crippen molar-refractivity contribution in [2.24, 2.45) is 0 Å². The lowest BCUT2D eigenvalue weighted by Crippen LogP contribution is -2.29. The third-order valence-electron chi connectivity index (χ3n) is 2.14. The molecule has 0 unspecified atom stereocenters. The van der Waals surface area contributed by atoms with Crippen molar-refractivity contribution in [1.29, 1.82) is 0 Å². The van der Waals surface area contributed by atoms with Gasteiger partial charge in [0.15, 0.2) is 5.82 Å². The highest BCUT2D eigenvalue weighted by Gasteiger charge is 2.27. The molecule has 0 fully saturated rings. The van der Waals surface area contributed by atoms with E-state index in [-0.39, 0.29) is 0 Å². The molecule has 0 saturated heterocycles.